The van der Waals surface area contributed by atoms with Gasteiger partial charge >= 0.3 is 6.03 Å². The van der Waals surface area contributed by atoms with Gasteiger partial charge in [-0.3, -0.25) is 9.63 Å². The SMILES string of the molecule is CN1CCC(ONC(N)=O)C1=O. The van der Waals surface area contributed by atoms with E-state index in [9.17, 15) is 9.59 Å². The molecule has 1 aliphatic rings. The summed E-state index contributed by atoms with van der Waals surface area (Å²) in [5, 5.41) is 0. The molecular formula is C6H11N3O3. The highest BCUT2D eigenvalue weighted by Crippen LogP contribution is 2.10. The van der Waals surface area contributed by atoms with Crippen LogP contribution in [0.1, 0.15) is 6.42 Å². The summed E-state index contributed by atoms with van der Waals surface area (Å²) in [6.07, 6.45) is -0.00204. The van der Waals surface area contributed by atoms with Crippen LogP contribution in [0.5, 0.6) is 0 Å². The number of nitrogens with two attached hydrogens (primary N) is 1. The number of amides is 3. The topological polar surface area (TPSA) is 84.7 Å². The maximum Gasteiger partial charge on any atom is 0.336 e. The summed E-state index contributed by atoms with van der Waals surface area (Å²) in [5.41, 5.74) is 6.68. The molecular weight excluding hydrogens is 162 g/mol. The van der Waals surface area contributed by atoms with Crippen LogP contribution in [0.15, 0.2) is 0 Å². The van der Waals surface area contributed by atoms with Crippen LogP contribution in [-0.2, 0) is 9.63 Å². The molecule has 1 heterocycles. The largest absolute Gasteiger partial charge is 0.350 e. The van der Waals surface area contributed by atoms with Gasteiger partial charge in [-0.1, -0.05) is 0 Å². The van der Waals surface area contributed by atoms with Gasteiger partial charge < -0.3 is 10.6 Å². The molecule has 12 heavy (non-hydrogen) atoms. The number of hydroxylamine groups is 1. The minimum absolute atomic E-state index is 0.135. The van der Waals surface area contributed by atoms with E-state index in [0.29, 0.717) is 13.0 Å². The molecule has 0 radical (unpaired) electrons. The van der Waals surface area contributed by atoms with E-state index < -0.39 is 12.1 Å². The van der Waals surface area contributed by atoms with Crippen molar-refractivity contribution in [3.63, 3.8) is 0 Å². The quantitative estimate of drug-likeness (QED) is 0.515. The number of urea groups is 1. The molecule has 0 aliphatic carbocycles. The van der Waals surface area contributed by atoms with E-state index in [1.807, 2.05) is 5.48 Å². The Kier molecular flexibility index (Phi) is 2.49. The van der Waals surface area contributed by atoms with E-state index in [2.05, 4.69) is 0 Å². The van der Waals surface area contributed by atoms with Gasteiger partial charge in [-0.25, -0.2) is 10.3 Å². The van der Waals surface area contributed by atoms with E-state index in [1.54, 1.807) is 7.05 Å². The molecule has 3 amide bonds. The Hall–Kier alpha value is -1.30. The zero-order valence-corrected chi connectivity index (χ0v) is 6.74. The van der Waals surface area contributed by atoms with Crippen LogP contribution in [0.25, 0.3) is 0 Å². The highest BCUT2D eigenvalue weighted by molar-refractivity contribution is 5.82. The average Bonchev–Trinajstić information content (AvgIpc) is 2.30. The zero-order valence-electron chi connectivity index (χ0n) is 6.74. The van der Waals surface area contributed by atoms with Crippen molar-refractivity contribution in [3.05, 3.63) is 0 Å². The molecule has 68 valence electrons. The van der Waals surface area contributed by atoms with E-state index in [1.165, 1.54) is 4.90 Å². The van der Waals surface area contributed by atoms with E-state index in [0.717, 1.165) is 0 Å². The van der Waals surface area contributed by atoms with Crippen LogP contribution < -0.4 is 11.2 Å². The predicted molar refractivity (Wildman–Crippen MR) is 39.8 cm³/mol. The van der Waals surface area contributed by atoms with Gasteiger partial charge in [0, 0.05) is 20.0 Å². The number of nitrogens with zero attached hydrogens (tertiary/aromatic N) is 1. The Morgan fingerprint density at radius 2 is 2.50 bits per heavy atom. The molecule has 1 saturated heterocycles. The average molecular weight is 173 g/mol. The first-order valence-corrected chi connectivity index (χ1v) is 3.57. The van der Waals surface area contributed by atoms with Gasteiger partial charge in [0.25, 0.3) is 5.91 Å². The summed E-state index contributed by atoms with van der Waals surface area (Å²) >= 11 is 0. The van der Waals surface area contributed by atoms with Crippen LogP contribution >= 0.6 is 0 Å². The Morgan fingerprint density at radius 1 is 1.83 bits per heavy atom. The summed E-state index contributed by atoms with van der Waals surface area (Å²) in [7, 11) is 1.68. The summed E-state index contributed by atoms with van der Waals surface area (Å²) in [4.78, 5) is 27.6. The number of carbonyl (C=O) groups excluding carboxylic acids is 2. The zero-order chi connectivity index (χ0) is 9.14. The molecule has 3 N–H and O–H groups in total. The molecule has 0 saturated carbocycles. The lowest BCUT2D eigenvalue weighted by Crippen LogP contribution is -2.37. The fraction of sp³-hybridized carbons (Fsp3) is 0.667. The van der Waals surface area contributed by atoms with E-state index in [4.69, 9.17) is 10.6 Å². The molecule has 1 unspecified atom stereocenters. The Labute approximate surface area is 69.6 Å². The van der Waals surface area contributed by atoms with Crippen molar-refractivity contribution in [1.29, 1.82) is 0 Å². The summed E-state index contributed by atoms with van der Waals surface area (Å²) in [5.74, 6) is -0.135. The van der Waals surface area contributed by atoms with Gasteiger partial charge in [-0.05, 0) is 0 Å². The van der Waals surface area contributed by atoms with Crippen LogP contribution in [0, 0.1) is 0 Å². The van der Waals surface area contributed by atoms with Gasteiger partial charge in [0.05, 0.1) is 0 Å². The van der Waals surface area contributed by atoms with Crippen molar-refractivity contribution in [3.8, 4) is 0 Å². The van der Waals surface area contributed by atoms with E-state index in [-0.39, 0.29) is 5.91 Å². The molecule has 1 aliphatic heterocycles. The third-order valence-electron chi connectivity index (χ3n) is 1.68. The second-order valence-electron chi connectivity index (χ2n) is 2.62. The number of likely N-dealkylation sites (tertiary alicyclic amines) is 1. The minimum Gasteiger partial charge on any atom is -0.350 e. The van der Waals surface area contributed by atoms with Crippen molar-refractivity contribution in [2.45, 2.75) is 12.5 Å². The maximum absolute atomic E-state index is 11.1. The van der Waals surface area contributed by atoms with E-state index >= 15 is 0 Å². The highest BCUT2D eigenvalue weighted by atomic mass is 16.7. The normalized spacial score (nSPS) is 22.9. The van der Waals surface area contributed by atoms with Gasteiger partial charge in [0.15, 0.2) is 6.10 Å². The smallest absolute Gasteiger partial charge is 0.336 e. The molecule has 1 fully saturated rings. The Morgan fingerprint density at radius 3 is 2.92 bits per heavy atom. The fourth-order valence-corrected chi connectivity index (χ4v) is 1.03. The van der Waals surface area contributed by atoms with Gasteiger partial charge in [0.1, 0.15) is 0 Å². The van der Waals surface area contributed by atoms with Crippen molar-refractivity contribution in [2.75, 3.05) is 13.6 Å². The minimum atomic E-state index is -0.794. The Bertz CT molecular complexity index is 206. The Balaban J connectivity index is 2.34. The van der Waals surface area contributed by atoms with Crippen LogP contribution in [-0.4, -0.2) is 36.5 Å². The molecule has 0 aromatic rings. The standard InChI is InChI=1S/C6H11N3O3/c1-9-3-2-4(5(9)10)12-8-6(7)11/h4H,2-3H2,1H3,(H3,7,8,11). The lowest BCUT2D eigenvalue weighted by atomic mass is 10.3. The summed E-state index contributed by atoms with van der Waals surface area (Å²) < 4.78 is 0. The first kappa shape index (κ1) is 8.79. The number of rotatable bonds is 2. The predicted octanol–water partition coefficient (Wildman–Crippen LogP) is -1.18. The van der Waals surface area contributed by atoms with Crippen molar-refractivity contribution >= 4 is 11.9 Å². The second-order valence-corrected chi connectivity index (χ2v) is 2.62. The van der Waals surface area contributed by atoms with Gasteiger partial charge in [-0.2, -0.15) is 0 Å². The molecule has 0 aromatic heterocycles. The van der Waals surface area contributed by atoms with Crippen molar-refractivity contribution in [1.82, 2.24) is 10.4 Å². The van der Waals surface area contributed by atoms with Crippen LogP contribution in [0.4, 0.5) is 4.79 Å². The lowest BCUT2D eigenvalue weighted by Gasteiger charge is -2.09. The first-order chi connectivity index (χ1) is 5.61. The number of likely N-dealkylation sites (N-methyl/N-ethyl adjacent to an activating group) is 1. The number of nitrogens with one attached hydrogen (secondary N) is 1. The number of carbonyl (C=O) groups is 2. The monoisotopic (exact) mass is 173 g/mol. The van der Waals surface area contributed by atoms with Crippen molar-refractivity contribution in [2.24, 2.45) is 5.73 Å². The summed E-state index contributed by atoms with van der Waals surface area (Å²) in [6, 6.07) is -0.794. The molecule has 6 heteroatoms. The molecule has 1 rings (SSSR count). The summed E-state index contributed by atoms with van der Waals surface area (Å²) in [6.45, 7) is 0.643. The highest BCUT2D eigenvalue weighted by Gasteiger charge is 2.30. The molecule has 6 nitrogen and oxygen atoms in total. The maximum atomic E-state index is 11.1. The van der Waals surface area contributed by atoms with Gasteiger partial charge in [-0.15, -0.1) is 0 Å². The fourth-order valence-electron chi connectivity index (χ4n) is 1.03. The van der Waals surface area contributed by atoms with Crippen LogP contribution in [0.2, 0.25) is 0 Å². The third-order valence-corrected chi connectivity index (χ3v) is 1.68. The third kappa shape index (κ3) is 1.85. The lowest BCUT2D eigenvalue weighted by molar-refractivity contribution is -0.138. The van der Waals surface area contributed by atoms with Crippen LogP contribution in [0.3, 0.4) is 0 Å². The second kappa shape index (κ2) is 3.40. The number of hydrogen-bond donors (Lipinski definition) is 2. The molecule has 1 atom stereocenters. The molecule has 0 bridgehead atoms. The number of hydrogen-bond acceptors (Lipinski definition) is 3. The molecule has 0 spiro atoms. The first-order valence-electron chi connectivity index (χ1n) is 3.57. The van der Waals surface area contributed by atoms with Crippen molar-refractivity contribution < 1.29 is 14.4 Å². The molecule has 0 aromatic carbocycles. The van der Waals surface area contributed by atoms with Gasteiger partial charge in [0.2, 0.25) is 0 Å². The number of primary amides is 1.